The molecular formula is C14H20N2O2. The molecular weight excluding hydrogens is 228 g/mol. The molecule has 1 aliphatic rings. The average molecular weight is 248 g/mol. The van der Waals surface area contributed by atoms with Crippen molar-refractivity contribution in [1.29, 1.82) is 0 Å². The zero-order valence-corrected chi connectivity index (χ0v) is 10.9. The van der Waals surface area contributed by atoms with Gasteiger partial charge >= 0.3 is 0 Å². The lowest BCUT2D eigenvalue weighted by molar-refractivity contribution is -0.139. The molecule has 1 amide bonds. The monoisotopic (exact) mass is 248 g/mol. The van der Waals surface area contributed by atoms with Crippen LogP contribution in [-0.4, -0.2) is 36.0 Å². The van der Waals surface area contributed by atoms with Gasteiger partial charge in [-0.1, -0.05) is 18.2 Å². The van der Waals surface area contributed by atoms with Crippen LogP contribution in [0.1, 0.15) is 19.4 Å². The predicted molar refractivity (Wildman–Crippen MR) is 70.5 cm³/mol. The highest BCUT2D eigenvalue weighted by atomic mass is 16.5. The summed E-state index contributed by atoms with van der Waals surface area (Å²) in [6, 6.07) is 7.95. The third-order valence-electron chi connectivity index (χ3n) is 3.20. The number of para-hydroxylation sites is 1. The first-order valence-electron chi connectivity index (χ1n) is 6.38. The first-order chi connectivity index (χ1) is 8.63. The molecule has 1 unspecified atom stereocenters. The Hall–Kier alpha value is -1.55. The molecule has 1 aliphatic heterocycles. The summed E-state index contributed by atoms with van der Waals surface area (Å²) in [6.45, 7) is 5.04. The number of nitrogens with zero attached hydrogens (tertiary/aromatic N) is 1. The van der Waals surface area contributed by atoms with E-state index in [1.165, 1.54) is 0 Å². The van der Waals surface area contributed by atoms with Crippen molar-refractivity contribution in [2.24, 2.45) is 5.73 Å². The number of hydrogen-bond donors (Lipinski definition) is 1. The quantitative estimate of drug-likeness (QED) is 0.870. The topological polar surface area (TPSA) is 55.6 Å². The van der Waals surface area contributed by atoms with Gasteiger partial charge in [-0.3, -0.25) is 4.79 Å². The van der Waals surface area contributed by atoms with Crippen LogP contribution in [0.2, 0.25) is 0 Å². The van der Waals surface area contributed by atoms with Gasteiger partial charge in [0.1, 0.15) is 5.75 Å². The largest absolute Gasteiger partial charge is 0.480 e. The summed E-state index contributed by atoms with van der Waals surface area (Å²) in [5, 5.41) is 0. The number of ether oxygens (including phenoxy) is 1. The fourth-order valence-electron chi connectivity index (χ4n) is 2.27. The summed E-state index contributed by atoms with van der Waals surface area (Å²) in [4.78, 5) is 14.2. The van der Waals surface area contributed by atoms with E-state index in [-0.39, 0.29) is 11.9 Å². The Labute approximate surface area is 108 Å². The molecule has 2 rings (SSSR count). The fourth-order valence-corrected chi connectivity index (χ4v) is 2.27. The molecule has 2 N–H and O–H groups in total. The third-order valence-corrected chi connectivity index (χ3v) is 3.20. The van der Waals surface area contributed by atoms with Crippen molar-refractivity contribution in [3.63, 3.8) is 0 Å². The van der Waals surface area contributed by atoms with Crippen molar-refractivity contribution in [3.8, 4) is 5.75 Å². The summed E-state index contributed by atoms with van der Waals surface area (Å²) >= 11 is 0. The maximum atomic E-state index is 12.4. The predicted octanol–water partition coefficient (Wildman–Crippen LogP) is 1.19. The Balaban J connectivity index is 2.08. The molecule has 0 radical (unpaired) electrons. The van der Waals surface area contributed by atoms with Crippen molar-refractivity contribution in [3.05, 3.63) is 29.8 Å². The van der Waals surface area contributed by atoms with Crippen LogP contribution in [0.15, 0.2) is 24.3 Å². The summed E-state index contributed by atoms with van der Waals surface area (Å²) in [5.41, 5.74) is 6.66. The minimum atomic E-state index is -0.392. The number of carbonyl (C=O) groups is 1. The molecule has 0 saturated carbocycles. The number of benzene rings is 1. The lowest BCUT2D eigenvalue weighted by Gasteiger charge is -2.28. The normalized spacial score (nSPS) is 17.4. The Bertz CT molecular complexity index is 407. The molecule has 4 heteroatoms. The first kappa shape index (κ1) is 12.9. The van der Waals surface area contributed by atoms with E-state index in [9.17, 15) is 4.79 Å². The van der Waals surface area contributed by atoms with Gasteiger partial charge in [-0.25, -0.2) is 0 Å². The lowest BCUT2D eigenvalue weighted by atomic mass is 10.1. The van der Waals surface area contributed by atoms with Crippen LogP contribution in [0.4, 0.5) is 0 Å². The highest BCUT2D eigenvalue weighted by Crippen LogP contribution is 2.29. The molecule has 0 bridgehead atoms. The van der Waals surface area contributed by atoms with E-state index in [2.05, 4.69) is 0 Å². The third kappa shape index (κ3) is 2.48. The molecule has 0 spiro atoms. The lowest BCUT2D eigenvalue weighted by Crippen LogP contribution is -2.47. The van der Waals surface area contributed by atoms with Crippen LogP contribution >= 0.6 is 0 Å². The molecule has 0 fully saturated rings. The molecule has 1 aromatic rings. The average Bonchev–Trinajstić information content (AvgIpc) is 2.78. The van der Waals surface area contributed by atoms with E-state index in [0.717, 1.165) is 11.3 Å². The van der Waals surface area contributed by atoms with Crippen molar-refractivity contribution in [2.75, 3.05) is 13.1 Å². The molecule has 1 atom stereocenters. The molecule has 98 valence electrons. The first-order valence-corrected chi connectivity index (χ1v) is 6.38. The van der Waals surface area contributed by atoms with Crippen LogP contribution in [0.25, 0.3) is 0 Å². The second kappa shape index (κ2) is 5.40. The van der Waals surface area contributed by atoms with Crippen LogP contribution in [0.3, 0.4) is 0 Å². The van der Waals surface area contributed by atoms with E-state index < -0.39 is 6.10 Å². The van der Waals surface area contributed by atoms with Gasteiger partial charge in [0.2, 0.25) is 0 Å². The maximum Gasteiger partial charge on any atom is 0.264 e. The van der Waals surface area contributed by atoms with E-state index in [1.807, 2.05) is 38.1 Å². The number of nitrogens with two attached hydrogens (primary N) is 1. The summed E-state index contributed by atoms with van der Waals surface area (Å²) in [6.07, 6.45) is 0.263. The van der Waals surface area contributed by atoms with Crippen LogP contribution in [-0.2, 0) is 11.2 Å². The van der Waals surface area contributed by atoms with E-state index in [1.54, 1.807) is 4.90 Å². The standard InChI is InChI=1S/C14H20N2O2/c1-10(2)16(8-7-15)14(17)13-9-11-5-3-4-6-12(11)18-13/h3-6,10,13H,7-9,15H2,1-2H3. The SMILES string of the molecule is CC(C)N(CCN)C(=O)C1Cc2ccccc2O1. The van der Waals surface area contributed by atoms with E-state index in [0.29, 0.717) is 19.5 Å². The second-order valence-corrected chi connectivity index (χ2v) is 4.83. The van der Waals surface area contributed by atoms with Gasteiger partial charge in [0, 0.05) is 25.6 Å². The zero-order chi connectivity index (χ0) is 13.1. The van der Waals surface area contributed by atoms with Gasteiger partial charge in [-0.15, -0.1) is 0 Å². The number of carbonyl (C=O) groups excluding carboxylic acids is 1. The molecule has 0 aliphatic carbocycles. The highest BCUT2D eigenvalue weighted by molar-refractivity contribution is 5.83. The molecule has 0 aromatic heterocycles. The Morgan fingerprint density at radius 2 is 2.22 bits per heavy atom. The molecule has 0 saturated heterocycles. The van der Waals surface area contributed by atoms with Crippen molar-refractivity contribution in [1.82, 2.24) is 4.90 Å². The number of hydrogen-bond acceptors (Lipinski definition) is 3. The zero-order valence-electron chi connectivity index (χ0n) is 10.9. The smallest absolute Gasteiger partial charge is 0.264 e. The maximum absolute atomic E-state index is 12.4. The van der Waals surface area contributed by atoms with Crippen molar-refractivity contribution in [2.45, 2.75) is 32.4 Å². The van der Waals surface area contributed by atoms with Gasteiger partial charge in [-0.2, -0.15) is 0 Å². The van der Waals surface area contributed by atoms with Gasteiger partial charge in [0.25, 0.3) is 5.91 Å². The van der Waals surface area contributed by atoms with Crippen LogP contribution in [0.5, 0.6) is 5.75 Å². The van der Waals surface area contributed by atoms with Crippen molar-refractivity contribution >= 4 is 5.91 Å². The number of amides is 1. The minimum Gasteiger partial charge on any atom is -0.480 e. The molecule has 1 aromatic carbocycles. The van der Waals surface area contributed by atoms with E-state index >= 15 is 0 Å². The summed E-state index contributed by atoms with van der Waals surface area (Å²) in [5.74, 6) is 0.860. The van der Waals surface area contributed by atoms with Gasteiger partial charge in [-0.05, 0) is 25.5 Å². The second-order valence-electron chi connectivity index (χ2n) is 4.83. The van der Waals surface area contributed by atoms with E-state index in [4.69, 9.17) is 10.5 Å². The fraction of sp³-hybridized carbons (Fsp3) is 0.500. The number of rotatable bonds is 4. The molecule has 18 heavy (non-hydrogen) atoms. The summed E-state index contributed by atoms with van der Waals surface area (Å²) in [7, 11) is 0. The van der Waals surface area contributed by atoms with Crippen molar-refractivity contribution < 1.29 is 9.53 Å². The Morgan fingerprint density at radius 3 is 2.83 bits per heavy atom. The van der Waals surface area contributed by atoms with Gasteiger partial charge < -0.3 is 15.4 Å². The number of fused-ring (bicyclic) bond motifs is 1. The van der Waals surface area contributed by atoms with Crippen LogP contribution in [0, 0.1) is 0 Å². The van der Waals surface area contributed by atoms with Crippen LogP contribution < -0.4 is 10.5 Å². The molecule has 4 nitrogen and oxygen atoms in total. The molecule has 1 heterocycles. The minimum absolute atomic E-state index is 0.0339. The van der Waals surface area contributed by atoms with Gasteiger partial charge in [0.15, 0.2) is 6.10 Å². The summed E-state index contributed by atoms with van der Waals surface area (Å²) < 4.78 is 5.71. The Morgan fingerprint density at radius 1 is 1.50 bits per heavy atom. The Kier molecular flexibility index (Phi) is 3.87. The van der Waals surface area contributed by atoms with Gasteiger partial charge in [0.05, 0.1) is 0 Å². The highest BCUT2D eigenvalue weighted by Gasteiger charge is 2.32.